The van der Waals surface area contributed by atoms with Crippen molar-refractivity contribution in [1.82, 2.24) is 9.78 Å². The molecule has 1 heterocycles. The second kappa shape index (κ2) is 7.55. The van der Waals surface area contributed by atoms with Gasteiger partial charge in [-0.05, 0) is 67.6 Å². The lowest BCUT2D eigenvalue weighted by Crippen LogP contribution is -2.63. The number of methoxy groups -OCH3 is 1. The van der Waals surface area contributed by atoms with Crippen LogP contribution in [-0.4, -0.2) is 28.0 Å². The summed E-state index contributed by atoms with van der Waals surface area (Å²) in [4.78, 5) is 25.5. The largest absolute Gasteiger partial charge is 0.497 e. The topological polar surface area (TPSA) is 93.4 Å². The van der Waals surface area contributed by atoms with Crippen LogP contribution in [0.4, 0.5) is 5.69 Å². The van der Waals surface area contributed by atoms with E-state index < -0.39 is 23.0 Å². The molecule has 164 valence electrons. The van der Waals surface area contributed by atoms with Crippen molar-refractivity contribution in [3.63, 3.8) is 0 Å². The summed E-state index contributed by atoms with van der Waals surface area (Å²) in [6.45, 7) is 0.456. The molecule has 3 atom stereocenters. The molecular formula is C23H26ClN3O4. The average Bonchev–Trinajstić information content (AvgIpc) is 2.73. The number of rotatable bonds is 6. The second-order valence-corrected chi connectivity index (χ2v) is 9.70. The number of aromatic nitrogens is 2. The maximum absolute atomic E-state index is 13.3. The number of nitrogens with zero attached hydrogens (tertiary/aromatic N) is 2. The molecule has 31 heavy (non-hydrogen) atoms. The van der Waals surface area contributed by atoms with Gasteiger partial charge in [-0.3, -0.25) is 9.59 Å². The van der Waals surface area contributed by atoms with Crippen molar-refractivity contribution in [3.8, 4) is 5.75 Å². The molecule has 1 aromatic carbocycles. The van der Waals surface area contributed by atoms with E-state index >= 15 is 0 Å². The van der Waals surface area contributed by atoms with Crippen molar-refractivity contribution in [2.24, 2.45) is 23.7 Å². The Morgan fingerprint density at radius 2 is 2.06 bits per heavy atom. The monoisotopic (exact) mass is 443 g/mol. The first-order valence-electron chi connectivity index (χ1n) is 10.8. The van der Waals surface area contributed by atoms with E-state index in [0.717, 1.165) is 30.6 Å². The minimum Gasteiger partial charge on any atom is -0.497 e. The molecule has 4 aliphatic rings. The van der Waals surface area contributed by atoms with E-state index in [2.05, 4.69) is 10.4 Å². The van der Waals surface area contributed by atoms with E-state index in [9.17, 15) is 14.7 Å². The Balaban J connectivity index is 1.46. The van der Waals surface area contributed by atoms with Gasteiger partial charge in [0.25, 0.3) is 5.56 Å². The summed E-state index contributed by atoms with van der Waals surface area (Å²) < 4.78 is 6.66. The summed E-state index contributed by atoms with van der Waals surface area (Å²) in [6, 6.07) is 7.61. The number of nitrogens with one attached hydrogen (secondary N) is 1. The van der Waals surface area contributed by atoms with E-state index in [0.29, 0.717) is 36.9 Å². The van der Waals surface area contributed by atoms with Gasteiger partial charge >= 0.3 is 5.97 Å². The third-order valence-electron chi connectivity index (χ3n) is 7.50. The first-order chi connectivity index (χ1) is 14.9. The zero-order valence-electron chi connectivity index (χ0n) is 17.4. The Labute approximate surface area is 185 Å². The predicted octanol–water partition coefficient (Wildman–Crippen LogP) is 3.75. The molecule has 0 unspecified atom stereocenters. The molecule has 4 bridgehead atoms. The highest BCUT2D eigenvalue weighted by Gasteiger charge is 2.61. The molecule has 0 spiro atoms. The summed E-state index contributed by atoms with van der Waals surface area (Å²) in [5.74, 6) is 0.381. The van der Waals surface area contributed by atoms with Crippen molar-refractivity contribution < 1.29 is 14.6 Å². The average molecular weight is 444 g/mol. The molecule has 7 nitrogen and oxygen atoms in total. The lowest BCUT2D eigenvalue weighted by Gasteiger charge is -2.59. The number of hydrogen-bond acceptors (Lipinski definition) is 5. The summed E-state index contributed by atoms with van der Waals surface area (Å²) in [5, 5.41) is 17.7. The Morgan fingerprint density at radius 1 is 1.32 bits per heavy atom. The SMILES string of the molecule is COc1cccc(CNc2cnn(C34C[C@@H]5CC(C[C@H](C5)C3)[C@@H]4C(=O)O)c(=O)c2Cl)c1. The fraction of sp³-hybridized carbons (Fsp3) is 0.522. The number of halogens is 1. The van der Waals surface area contributed by atoms with Crippen LogP contribution in [0, 0.1) is 23.7 Å². The van der Waals surface area contributed by atoms with Crippen LogP contribution < -0.4 is 15.6 Å². The maximum Gasteiger partial charge on any atom is 0.309 e. The zero-order chi connectivity index (χ0) is 21.8. The molecule has 0 amide bonds. The molecule has 0 aliphatic heterocycles. The number of carbonyl (C=O) groups is 1. The number of anilines is 1. The second-order valence-electron chi connectivity index (χ2n) is 9.32. The van der Waals surface area contributed by atoms with Gasteiger partial charge in [-0.2, -0.15) is 5.10 Å². The standard InChI is InChI=1S/C23H26ClN3O4/c1-31-17-4-2-3-13(8-17)11-25-18-12-26-27(21(28)20(18)24)23-9-14-5-15(10-23)7-16(6-14)19(23)22(29)30/h2-4,8,12,14-16,19,25H,5-7,9-11H2,1H3,(H,29,30)/t14-,15-,16?,19+,23?/m0/s1. The summed E-state index contributed by atoms with van der Waals surface area (Å²) >= 11 is 6.48. The smallest absolute Gasteiger partial charge is 0.309 e. The summed E-state index contributed by atoms with van der Waals surface area (Å²) in [5.41, 5.74) is 0.242. The Kier molecular flexibility index (Phi) is 4.96. The molecule has 6 rings (SSSR count). The Bertz CT molecular complexity index is 1070. The van der Waals surface area contributed by atoms with Crippen molar-refractivity contribution in [2.75, 3.05) is 12.4 Å². The van der Waals surface area contributed by atoms with E-state index in [1.165, 1.54) is 4.68 Å². The van der Waals surface area contributed by atoms with Gasteiger partial charge in [-0.15, -0.1) is 0 Å². The molecule has 4 aliphatic carbocycles. The third kappa shape index (κ3) is 3.30. The van der Waals surface area contributed by atoms with E-state index in [1.54, 1.807) is 13.3 Å². The van der Waals surface area contributed by atoms with Gasteiger partial charge in [0.05, 0.1) is 30.5 Å². The molecular weight excluding hydrogens is 418 g/mol. The fourth-order valence-corrected chi connectivity index (χ4v) is 6.78. The van der Waals surface area contributed by atoms with Crippen LogP contribution in [0.5, 0.6) is 5.75 Å². The van der Waals surface area contributed by atoms with Crippen LogP contribution in [0.3, 0.4) is 0 Å². The first kappa shape index (κ1) is 20.4. The van der Waals surface area contributed by atoms with Gasteiger partial charge < -0.3 is 15.2 Å². The van der Waals surface area contributed by atoms with E-state index in [4.69, 9.17) is 16.3 Å². The van der Waals surface area contributed by atoms with E-state index in [1.807, 2.05) is 24.3 Å². The minimum atomic E-state index is -0.825. The van der Waals surface area contributed by atoms with Gasteiger partial charge in [-0.25, -0.2) is 4.68 Å². The zero-order valence-corrected chi connectivity index (χ0v) is 18.1. The van der Waals surface area contributed by atoms with Crippen LogP contribution in [0.1, 0.15) is 37.7 Å². The minimum absolute atomic E-state index is 0.0535. The number of carboxylic acids is 1. The lowest BCUT2D eigenvalue weighted by molar-refractivity contribution is -0.168. The van der Waals surface area contributed by atoms with Crippen molar-refractivity contribution >= 4 is 23.3 Å². The summed E-state index contributed by atoms with van der Waals surface area (Å²) in [6.07, 6.45) is 5.96. The van der Waals surface area contributed by atoms with Gasteiger partial charge in [0.15, 0.2) is 0 Å². The molecule has 0 radical (unpaired) electrons. The molecule has 2 N–H and O–H groups in total. The highest BCUT2D eigenvalue weighted by molar-refractivity contribution is 6.32. The van der Waals surface area contributed by atoms with Crippen LogP contribution in [0.2, 0.25) is 5.02 Å². The number of aliphatic carboxylic acids is 1. The van der Waals surface area contributed by atoms with Gasteiger partial charge in [0.2, 0.25) is 0 Å². The summed E-state index contributed by atoms with van der Waals surface area (Å²) in [7, 11) is 1.61. The molecule has 1 aromatic heterocycles. The number of hydrogen-bond donors (Lipinski definition) is 2. The van der Waals surface area contributed by atoms with Crippen molar-refractivity contribution in [2.45, 2.75) is 44.2 Å². The van der Waals surface area contributed by atoms with Crippen molar-refractivity contribution in [1.29, 1.82) is 0 Å². The number of ether oxygens (including phenoxy) is 1. The molecule has 0 saturated heterocycles. The molecule has 4 saturated carbocycles. The van der Waals surface area contributed by atoms with Crippen molar-refractivity contribution in [3.05, 3.63) is 51.4 Å². The van der Waals surface area contributed by atoms with Crippen LogP contribution in [0.15, 0.2) is 35.3 Å². The van der Waals surface area contributed by atoms with E-state index in [-0.39, 0.29) is 10.9 Å². The molecule has 8 heteroatoms. The quantitative estimate of drug-likeness (QED) is 0.706. The molecule has 2 aromatic rings. The third-order valence-corrected chi connectivity index (χ3v) is 7.86. The maximum atomic E-state index is 13.3. The van der Waals surface area contributed by atoms with Gasteiger partial charge in [-0.1, -0.05) is 23.7 Å². The van der Waals surface area contributed by atoms with Gasteiger partial charge in [0.1, 0.15) is 10.8 Å². The van der Waals surface area contributed by atoms with Crippen LogP contribution in [-0.2, 0) is 16.9 Å². The molecule has 4 fully saturated rings. The highest BCUT2D eigenvalue weighted by atomic mass is 35.5. The first-order valence-corrected chi connectivity index (χ1v) is 11.2. The number of benzene rings is 1. The predicted molar refractivity (Wildman–Crippen MR) is 116 cm³/mol. The van der Waals surface area contributed by atoms with Gasteiger partial charge in [0, 0.05) is 6.54 Å². The lowest BCUT2D eigenvalue weighted by atomic mass is 9.48. The number of carboxylic acid groups (broad SMARTS) is 1. The normalized spacial score (nSPS) is 30.9. The fourth-order valence-electron chi connectivity index (χ4n) is 6.59. The Morgan fingerprint density at radius 3 is 2.74 bits per heavy atom. The van der Waals surface area contributed by atoms with Crippen LogP contribution >= 0.6 is 11.6 Å². The Hall–Kier alpha value is -2.54. The highest BCUT2D eigenvalue weighted by Crippen LogP contribution is 2.61. The van der Waals surface area contributed by atoms with Crippen LogP contribution in [0.25, 0.3) is 0 Å².